The fourth-order valence-corrected chi connectivity index (χ4v) is 2.96. The summed E-state index contributed by atoms with van der Waals surface area (Å²) in [5.74, 6) is -3.81. The largest absolute Gasteiger partial charge is 0.547 e. The van der Waals surface area contributed by atoms with Crippen molar-refractivity contribution in [2.24, 2.45) is 0 Å². The van der Waals surface area contributed by atoms with E-state index in [0.29, 0.717) is 0 Å². The number of esters is 2. The SMILES string of the molecule is CC(=O)N[C@H]1[C@@H](OCc2ccccc2)O[C@@H](C(=O)[O-])[C@@H](OC(C)=O)[C@@H]1OC(C)=O. The van der Waals surface area contributed by atoms with Crippen LogP contribution in [0.3, 0.4) is 0 Å². The fraction of sp³-hybridized carbons (Fsp3) is 0.474. The van der Waals surface area contributed by atoms with Crippen molar-refractivity contribution in [2.75, 3.05) is 0 Å². The molecule has 0 bridgehead atoms. The van der Waals surface area contributed by atoms with E-state index in [2.05, 4.69) is 5.32 Å². The molecule has 1 N–H and O–H groups in total. The van der Waals surface area contributed by atoms with E-state index in [0.717, 1.165) is 19.4 Å². The van der Waals surface area contributed by atoms with Crippen molar-refractivity contribution in [3.8, 4) is 0 Å². The Bertz CT molecular complexity index is 751. The number of benzene rings is 1. The number of carboxylic acids is 1. The molecule has 1 heterocycles. The standard InChI is InChI=1S/C19H23NO9/c1-10(21)20-14-15(27-11(2)22)16(28-12(3)23)17(18(24)25)29-19(14)26-9-13-7-5-4-6-8-13/h4-8,14-17,19H,9H2,1-3H3,(H,20,21)(H,24,25)/p-1/t14-,15-,16+,17-,19+/m1/s1. The highest BCUT2D eigenvalue weighted by Gasteiger charge is 2.51. The second-order valence-electron chi connectivity index (χ2n) is 6.42. The minimum absolute atomic E-state index is 0.0202. The van der Waals surface area contributed by atoms with E-state index in [4.69, 9.17) is 18.9 Å². The van der Waals surface area contributed by atoms with Crippen LogP contribution in [0.25, 0.3) is 0 Å². The lowest BCUT2D eigenvalue weighted by molar-refractivity contribution is -0.342. The van der Waals surface area contributed by atoms with Gasteiger partial charge in [0, 0.05) is 20.8 Å². The molecule has 1 fully saturated rings. The lowest BCUT2D eigenvalue weighted by Gasteiger charge is -2.45. The molecule has 1 aromatic carbocycles. The molecular formula is C19H22NO9-. The van der Waals surface area contributed by atoms with Crippen LogP contribution in [0.15, 0.2) is 30.3 Å². The summed E-state index contributed by atoms with van der Waals surface area (Å²) in [5, 5.41) is 14.1. The van der Waals surface area contributed by atoms with Crippen molar-refractivity contribution in [3.63, 3.8) is 0 Å². The summed E-state index contributed by atoms with van der Waals surface area (Å²) in [6.07, 6.45) is -6.03. The number of carbonyl (C=O) groups is 4. The highest BCUT2D eigenvalue weighted by Crippen LogP contribution is 2.28. The molecule has 1 amide bonds. The monoisotopic (exact) mass is 408 g/mol. The molecule has 0 radical (unpaired) electrons. The molecule has 10 heteroatoms. The second kappa shape index (κ2) is 9.99. The molecule has 1 aliphatic rings. The van der Waals surface area contributed by atoms with Gasteiger partial charge in [-0.1, -0.05) is 30.3 Å². The third kappa shape index (κ3) is 6.26. The quantitative estimate of drug-likeness (QED) is 0.565. The number of amides is 1. The van der Waals surface area contributed by atoms with Crippen LogP contribution in [-0.2, 0) is 44.7 Å². The van der Waals surface area contributed by atoms with Crippen LogP contribution < -0.4 is 10.4 Å². The number of carbonyl (C=O) groups excluding carboxylic acids is 4. The van der Waals surface area contributed by atoms with Gasteiger partial charge in [0.15, 0.2) is 18.5 Å². The van der Waals surface area contributed by atoms with Gasteiger partial charge < -0.3 is 34.2 Å². The Balaban J connectivity index is 2.36. The minimum Gasteiger partial charge on any atom is -0.547 e. The average Bonchev–Trinajstić information content (AvgIpc) is 2.63. The van der Waals surface area contributed by atoms with Crippen LogP contribution in [0.4, 0.5) is 0 Å². The van der Waals surface area contributed by atoms with E-state index in [1.54, 1.807) is 24.3 Å². The van der Waals surface area contributed by atoms with Gasteiger partial charge in [0.05, 0.1) is 12.6 Å². The fourth-order valence-electron chi connectivity index (χ4n) is 2.96. The van der Waals surface area contributed by atoms with Crippen LogP contribution >= 0.6 is 0 Å². The van der Waals surface area contributed by atoms with Gasteiger partial charge >= 0.3 is 11.9 Å². The molecule has 1 aromatic rings. The predicted molar refractivity (Wildman–Crippen MR) is 93.6 cm³/mol. The number of hydrogen-bond acceptors (Lipinski definition) is 9. The number of hydrogen-bond donors (Lipinski definition) is 1. The smallest absolute Gasteiger partial charge is 0.303 e. The van der Waals surface area contributed by atoms with Crippen molar-refractivity contribution in [1.29, 1.82) is 0 Å². The van der Waals surface area contributed by atoms with Crippen molar-refractivity contribution >= 4 is 23.8 Å². The first-order chi connectivity index (χ1) is 13.7. The molecule has 0 spiro atoms. The van der Waals surface area contributed by atoms with Gasteiger partial charge in [-0.2, -0.15) is 0 Å². The van der Waals surface area contributed by atoms with E-state index < -0.39 is 54.5 Å². The van der Waals surface area contributed by atoms with Gasteiger partial charge in [-0.25, -0.2) is 0 Å². The van der Waals surface area contributed by atoms with Gasteiger partial charge in [0.2, 0.25) is 5.91 Å². The van der Waals surface area contributed by atoms with Crippen LogP contribution in [0.2, 0.25) is 0 Å². The number of ether oxygens (including phenoxy) is 4. The van der Waals surface area contributed by atoms with E-state index >= 15 is 0 Å². The third-order valence-corrected chi connectivity index (χ3v) is 4.01. The molecule has 1 saturated heterocycles. The van der Waals surface area contributed by atoms with Gasteiger partial charge in [-0.15, -0.1) is 0 Å². The van der Waals surface area contributed by atoms with Gasteiger partial charge in [-0.3, -0.25) is 14.4 Å². The van der Waals surface area contributed by atoms with Gasteiger partial charge in [-0.05, 0) is 5.56 Å². The lowest BCUT2D eigenvalue weighted by atomic mass is 9.95. The van der Waals surface area contributed by atoms with Crippen LogP contribution in [0.5, 0.6) is 0 Å². The van der Waals surface area contributed by atoms with Crippen molar-refractivity contribution in [1.82, 2.24) is 5.32 Å². The Morgan fingerprint density at radius 1 is 1.00 bits per heavy atom. The second-order valence-corrected chi connectivity index (χ2v) is 6.42. The molecular weight excluding hydrogens is 386 g/mol. The summed E-state index contributed by atoms with van der Waals surface area (Å²) < 4.78 is 21.3. The molecule has 158 valence electrons. The zero-order valence-corrected chi connectivity index (χ0v) is 16.2. The summed E-state index contributed by atoms with van der Waals surface area (Å²) in [6, 6.07) is 7.80. The zero-order chi connectivity index (χ0) is 21.6. The third-order valence-electron chi connectivity index (χ3n) is 4.01. The first kappa shape index (κ1) is 22.3. The highest BCUT2D eigenvalue weighted by atomic mass is 16.7. The molecule has 0 unspecified atom stereocenters. The zero-order valence-electron chi connectivity index (χ0n) is 16.2. The molecule has 2 rings (SSSR count). The summed E-state index contributed by atoms with van der Waals surface area (Å²) in [6.45, 7) is 3.39. The predicted octanol–water partition coefficient (Wildman–Crippen LogP) is -0.954. The Hall–Kier alpha value is -2.98. The van der Waals surface area contributed by atoms with Crippen molar-refractivity contribution < 1.29 is 43.2 Å². The van der Waals surface area contributed by atoms with Crippen LogP contribution in [-0.4, -0.2) is 54.5 Å². The Kier molecular flexibility index (Phi) is 7.68. The van der Waals surface area contributed by atoms with E-state index in [9.17, 15) is 24.3 Å². The van der Waals surface area contributed by atoms with Gasteiger partial charge in [0.1, 0.15) is 12.1 Å². The summed E-state index contributed by atoms with van der Waals surface area (Å²) in [4.78, 5) is 46.4. The van der Waals surface area contributed by atoms with Crippen molar-refractivity contribution in [3.05, 3.63) is 35.9 Å². The van der Waals surface area contributed by atoms with E-state index in [1.165, 1.54) is 6.92 Å². The normalized spacial score (nSPS) is 26.2. The summed E-state index contributed by atoms with van der Waals surface area (Å²) in [7, 11) is 0. The van der Waals surface area contributed by atoms with Gasteiger partial charge in [0.25, 0.3) is 0 Å². The molecule has 5 atom stereocenters. The molecule has 29 heavy (non-hydrogen) atoms. The van der Waals surface area contributed by atoms with Crippen LogP contribution in [0, 0.1) is 0 Å². The maximum Gasteiger partial charge on any atom is 0.303 e. The first-order valence-corrected chi connectivity index (χ1v) is 8.82. The number of aliphatic carboxylic acids is 1. The molecule has 0 saturated carbocycles. The highest BCUT2D eigenvalue weighted by molar-refractivity contribution is 5.75. The molecule has 10 nitrogen and oxygen atoms in total. The first-order valence-electron chi connectivity index (χ1n) is 8.82. The maximum atomic E-state index is 11.7. The lowest BCUT2D eigenvalue weighted by Crippen LogP contribution is -2.68. The van der Waals surface area contributed by atoms with Crippen LogP contribution in [0.1, 0.15) is 26.3 Å². The number of nitrogens with one attached hydrogen (secondary N) is 1. The molecule has 0 aliphatic carbocycles. The number of carboxylic acid groups (broad SMARTS) is 1. The Labute approximate surface area is 167 Å². The molecule has 0 aromatic heterocycles. The van der Waals surface area contributed by atoms with Crippen molar-refractivity contribution in [2.45, 2.75) is 58.0 Å². The minimum atomic E-state index is -1.78. The summed E-state index contributed by atoms with van der Waals surface area (Å²) in [5.41, 5.74) is 0.758. The molecule has 1 aliphatic heterocycles. The van der Waals surface area contributed by atoms with E-state index in [1.807, 2.05) is 6.07 Å². The summed E-state index contributed by atoms with van der Waals surface area (Å²) >= 11 is 0. The number of rotatable bonds is 7. The van der Waals surface area contributed by atoms with E-state index in [-0.39, 0.29) is 6.61 Å². The Morgan fingerprint density at radius 2 is 1.59 bits per heavy atom. The maximum absolute atomic E-state index is 11.7. The Morgan fingerprint density at radius 3 is 2.10 bits per heavy atom. The average molecular weight is 408 g/mol. The topological polar surface area (TPSA) is 140 Å².